The number of fused-ring (bicyclic) bond motifs is 1. The molecule has 0 radical (unpaired) electrons. The third-order valence-electron chi connectivity index (χ3n) is 3.79. The van der Waals surface area contributed by atoms with Gasteiger partial charge in [0.2, 0.25) is 11.8 Å². The van der Waals surface area contributed by atoms with Gasteiger partial charge in [0, 0.05) is 23.4 Å². The Morgan fingerprint density at radius 2 is 2.21 bits per heavy atom. The van der Waals surface area contributed by atoms with E-state index in [-0.39, 0.29) is 18.4 Å². The van der Waals surface area contributed by atoms with Crippen molar-refractivity contribution < 1.29 is 9.59 Å². The third kappa shape index (κ3) is 3.49. The van der Waals surface area contributed by atoms with E-state index >= 15 is 0 Å². The van der Waals surface area contributed by atoms with Crippen molar-refractivity contribution in [3.63, 3.8) is 0 Å². The summed E-state index contributed by atoms with van der Waals surface area (Å²) in [6.07, 6.45) is 1.86. The van der Waals surface area contributed by atoms with Crippen LogP contribution in [0.25, 0.3) is 10.6 Å². The van der Waals surface area contributed by atoms with Crippen molar-refractivity contribution in [3.05, 3.63) is 52.5 Å². The first-order valence-corrected chi connectivity index (χ1v) is 8.69. The van der Waals surface area contributed by atoms with Crippen molar-refractivity contribution in [2.24, 2.45) is 0 Å². The number of hydrogen-bond acceptors (Lipinski definition) is 4. The number of carbonyl (C=O) groups excluding carboxylic acids is 2. The highest BCUT2D eigenvalue weighted by molar-refractivity contribution is 7.15. The second-order valence-corrected chi connectivity index (χ2v) is 6.85. The predicted octanol–water partition coefficient (Wildman–Crippen LogP) is 2.65. The molecule has 0 atom stereocenters. The SMILES string of the molecule is C=CC(=O)NCC(=O)N1CCc2nc(-c3ccccc3Cl)sc2C1. The second-order valence-electron chi connectivity index (χ2n) is 5.36. The summed E-state index contributed by atoms with van der Waals surface area (Å²) in [5.74, 6) is -0.455. The number of nitrogens with zero attached hydrogens (tertiary/aromatic N) is 2. The van der Waals surface area contributed by atoms with Gasteiger partial charge in [0.1, 0.15) is 5.01 Å². The third-order valence-corrected chi connectivity index (χ3v) is 5.23. The maximum Gasteiger partial charge on any atom is 0.243 e. The van der Waals surface area contributed by atoms with Crippen molar-refractivity contribution in [3.8, 4) is 10.6 Å². The van der Waals surface area contributed by atoms with E-state index in [1.807, 2.05) is 24.3 Å². The number of thiazole rings is 1. The van der Waals surface area contributed by atoms with Crippen LogP contribution in [0.3, 0.4) is 0 Å². The van der Waals surface area contributed by atoms with Gasteiger partial charge in [0.05, 0.1) is 23.8 Å². The molecule has 5 nitrogen and oxygen atoms in total. The zero-order valence-corrected chi connectivity index (χ0v) is 14.5. The van der Waals surface area contributed by atoms with E-state index in [1.54, 1.807) is 16.2 Å². The Hall–Kier alpha value is -2.18. The van der Waals surface area contributed by atoms with Crippen LogP contribution in [0.15, 0.2) is 36.9 Å². The predicted molar refractivity (Wildman–Crippen MR) is 94.9 cm³/mol. The van der Waals surface area contributed by atoms with Crippen LogP contribution in [-0.4, -0.2) is 34.8 Å². The van der Waals surface area contributed by atoms with Crippen molar-refractivity contribution >= 4 is 34.8 Å². The summed E-state index contributed by atoms with van der Waals surface area (Å²) in [5.41, 5.74) is 1.93. The van der Waals surface area contributed by atoms with Crippen molar-refractivity contribution in [2.75, 3.05) is 13.1 Å². The molecule has 0 spiro atoms. The zero-order valence-electron chi connectivity index (χ0n) is 12.9. The molecule has 1 aliphatic heterocycles. The Labute approximate surface area is 149 Å². The number of carbonyl (C=O) groups is 2. The Bertz CT molecular complexity index is 803. The Morgan fingerprint density at radius 3 is 2.96 bits per heavy atom. The number of amides is 2. The highest BCUT2D eigenvalue weighted by Gasteiger charge is 2.24. The van der Waals surface area contributed by atoms with Gasteiger partial charge in [-0.2, -0.15) is 0 Å². The summed E-state index contributed by atoms with van der Waals surface area (Å²) in [4.78, 5) is 30.9. The highest BCUT2D eigenvalue weighted by Crippen LogP contribution is 2.35. The fraction of sp³-hybridized carbons (Fsp3) is 0.235. The van der Waals surface area contributed by atoms with Crippen molar-refractivity contribution in [2.45, 2.75) is 13.0 Å². The minimum absolute atomic E-state index is 0.0175. The van der Waals surface area contributed by atoms with Crippen LogP contribution >= 0.6 is 22.9 Å². The monoisotopic (exact) mass is 361 g/mol. The van der Waals surface area contributed by atoms with Gasteiger partial charge in [-0.3, -0.25) is 9.59 Å². The van der Waals surface area contributed by atoms with Gasteiger partial charge in [-0.05, 0) is 12.1 Å². The summed E-state index contributed by atoms with van der Waals surface area (Å²) >= 11 is 7.80. The smallest absolute Gasteiger partial charge is 0.243 e. The van der Waals surface area contributed by atoms with Crippen molar-refractivity contribution in [1.82, 2.24) is 15.2 Å². The van der Waals surface area contributed by atoms with E-state index in [0.29, 0.717) is 24.5 Å². The quantitative estimate of drug-likeness (QED) is 0.851. The summed E-state index contributed by atoms with van der Waals surface area (Å²) in [6.45, 7) is 4.46. The number of halogens is 1. The van der Waals surface area contributed by atoms with Gasteiger partial charge >= 0.3 is 0 Å². The first-order valence-electron chi connectivity index (χ1n) is 7.50. The van der Waals surface area contributed by atoms with E-state index in [2.05, 4.69) is 16.9 Å². The van der Waals surface area contributed by atoms with Gasteiger partial charge in [-0.1, -0.05) is 36.4 Å². The molecule has 7 heteroatoms. The molecule has 2 amide bonds. The normalized spacial score (nSPS) is 13.3. The molecule has 1 N–H and O–H groups in total. The minimum atomic E-state index is -0.347. The van der Waals surface area contributed by atoms with Crippen LogP contribution in [0.2, 0.25) is 5.02 Å². The van der Waals surface area contributed by atoms with Crippen LogP contribution in [0.1, 0.15) is 10.6 Å². The first-order chi connectivity index (χ1) is 11.6. The standard InChI is InChI=1S/C17H16ClN3O2S/c1-2-15(22)19-9-16(23)21-8-7-13-14(10-21)24-17(20-13)11-5-3-4-6-12(11)18/h2-6H,1,7-10H2,(H,19,22). The number of nitrogens with one attached hydrogen (secondary N) is 1. The molecule has 1 aromatic heterocycles. The van der Waals surface area contributed by atoms with E-state index in [0.717, 1.165) is 27.2 Å². The summed E-state index contributed by atoms with van der Waals surface area (Å²) < 4.78 is 0. The zero-order chi connectivity index (χ0) is 17.1. The number of aromatic nitrogens is 1. The number of benzene rings is 1. The Morgan fingerprint density at radius 1 is 1.42 bits per heavy atom. The molecule has 1 aliphatic rings. The maximum atomic E-state index is 12.2. The molecule has 0 fully saturated rings. The largest absolute Gasteiger partial charge is 0.343 e. The molecule has 0 bridgehead atoms. The fourth-order valence-electron chi connectivity index (χ4n) is 2.50. The minimum Gasteiger partial charge on any atom is -0.343 e. The van der Waals surface area contributed by atoms with Crippen molar-refractivity contribution in [1.29, 1.82) is 0 Å². The van der Waals surface area contributed by atoms with Gasteiger partial charge in [-0.25, -0.2) is 4.98 Å². The molecule has 2 aromatic rings. The number of rotatable bonds is 4. The van der Waals surface area contributed by atoms with Gasteiger partial charge in [0.25, 0.3) is 0 Å². The molecule has 0 saturated heterocycles. The Balaban J connectivity index is 1.72. The van der Waals surface area contributed by atoms with Gasteiger partial charge in [0.15, 0.2) is 0 Å². The van der Waals surface area contributed by atoms with Crippen LogP contribution < -0.4 is 5.32 Å². The topological polar surface area (TPSA) is 62.3 Å². The second kappa shape index (κ2) is 7.15. The molecule has 124 valence electrons. The maximum absolute atomic E-state index is 12.2. The summed E-state index contributed by atoms with van der Waals surface area (Å²) in [7, 11) is 0. The Kier molecular flexibility index (Phi) is 4.97. The lowest BCUT2D eigenvalue weighted by atomic mass is 10.1. The lowest BCUT2D eigenvalue weighted by Crippen LogP contribution is -2.42. The van der Waals surface area contributed by atoms with Gasteiger partial charge in [-0.15, -0.1) is 11.3 Å². The summed E-state index contributed by atoms with van der Waals surface area (Å²) in [6, 6.07) is 7.60. The molecule has 0 saturated carbocycles. The lowest BCUT2D eigenvalue weighted by molar-refractivity contribution is -0.132. The molecular formula is C17H16ClN3O2S. The number of hydrogen-bond donors (Lipinski definition) is 1. The van der Waals surface area contributed by atoms with E-state index in [9.17, 15) is 9.59 Å². The van der Waals surface area contributed by atoms with E-state index in [4.69, 9.17) is 11.6 Å². The fourth-order valence-corrected chi connectivity index (χ4v) is 3.95. The van der Waals surface area contributed by atoms with Gasteiger partial charge < -0.3 is 10.2 Å². The first kappa shape index (κ1) is 16.7. The molecular weight excluding hydrogens is 346 g/mol. The summed E-state index contributed by atoms with van der Waals surface area (Å²) in [5, 5.41) is 4.06. The van der Waals surface area contributed by atoms with E-state index in [1.165, 1.54) is 0 Å². The molecule has 2 heterocycles. The molecule has 0 aliphatic carbocycles. The lowest BCUT2D eigenvalue weighted by Gasteiger charge is -2.26. The van der Waals surface area contributed by atoms with E-state index < -0.39 is 0 Å². The molecule has 3 rings (SSSR count). The van der Waals surface area contributed by atoms with Crippen LogP contribution in [0.5, 0.6) is 0 Å². The average Bonchev–Trinajstić information content (AvgIpc) is 3.02. The van der Waals surface area contributed by atoms with Crippen LogP contribution in [0, 0.1) is 0 Å². The highest BCUT2D eigenvalue weighted by atomic mass is 35.5. The average molecular weight is 362 g/mol. The molecule has 0 unspecified atom stereocenters. The molecule has 24 heavy (non-hydrogen) atoms. The van der Waals surface area contributed by atoms with Crippen LogP contribution in [0.4, 0.5) is 0 Å². The van der Waals surface area contributed by atoms with Crippen LogP contribution in [-0.2, 0) is 22.6 Å². The molecule has 1 aromatic carbocycles.